The lowest BCUT2D eigenvalue weighted by Gasteiger charge is -2.20. The van der Waals surface area contributed by atoms with Crippen molar-refractivity contribution >= 4 is 11.4 Å². The second kappa shape index (κ2) is 6.84. The molecule has 0 saturated carbocycles. The number of nitro benzene ring substituents is 1. The third-order valence-corrected chi connectivity index (χ3v) is 3.87. The molecule has 124 valence electrons. The predicted molar refractivity (Wildman–Crippen MR) is 92.9 cm³/mol. The van der Waals surface area contributed by atoms with Crippen LogP contribution in [0.2, 0.25) is 0 Å². The maximum atomic E-state index is 11.4. The van der Waals surface area contributed by atoms with Crippen LogP contribution < -0.4 is 5.32 Å². The highest BCUT2D eigenvalue weighted by atomic mass is 16.6. The molecule has 3 rings (SSSR count). The SMILES string of the molecule is Cn1ccnc1C(Nc1ccc(C#N)cc1[N+](=O)[O-])c1ccccc1. The molecule has 1 atom stereocenters. The van der Waals surface area contributed by atoms with Gasteiger partial charge in [-0.25, -0.2) is 4.98 Å². The smallest absolute Gasteiger partial charge is 0.293 e. The van der Waals surface area contributed by atoms with Crippen molar-refractivity contribution in [3.8, 4) is 6.07 Å². The van der Waals surface area contributed by atoms with Crippen molar-refractivity contribution < 1.29 is 4.92 Å². The average Bonchev–Trinajstić information content (AvgIpc) is 3.06. The first-order chi connectivity index (χ1) is 12.1. The van der Waals surface area contributed by atoms with Crippen LogP contribution in [-0.2, 0) is 7.05 Å². The van der Waals surface area contributed by atoms with E-state index in [1.165, 1.54) is 6.07 Å². The Hall–Kier alpha value is -3.66. The fraction of sp³-hybridized carbons (Fsp3) is 0.111. The zero-order valence-electron chi connectivity index (χ0n) is 13.5. The zero-order valence-corrected chi connectivity index (χ0v) is 13.5. The Kier molecular flexibility index (Phi) is 4.44. The molecule has 0 aliphatic rings. The number of rotatable bonds is 5. The van der Waals surface area contributed by atoms with Crippen molar-refractivity contribution in [1.29, 1.82) is 5.26 Å². The molecule has 25 heavy (non-hydrogen) atoms. The molecule has 7 heteroatoms. The number of nitrogens with one attached hydrogen (secondary N) is 1. The van der Waals surface area contributed by atoms with Gasteiger partial charge in [0.15, 0.2) is 0 Å². The van der Waals surface area contributed by atoms with E-state index in [4.69, 9.17) is 5.26 Å². The quantitative estimate of drug-likeness (QED) is 0.570. The van der Waals surface area contributed by atoms with Crippen molar-refractivity contribution in [2.24, 2.45) is 7.05 Å². The third-order valence-electron chi connectivity index (χ3n) is 3.87. The fourth-order valence-electron chi connectivity index (χ4n) is 2.63. The lowest BCUT2D eigenvalue weighted by molar-refractivity contribution is -0.384. The van der Waals surface area contributed by atoms with E-state index in [0.29, 0.717) is 5.69 Å². The van der Waals surface area contributed by atoms with Crippen molar-refractivity contribution in [3.63, 3.8) is 0 Å². The van der Waals surface area contributed by atoms with Crippen LogP contribution in [0.3, 0.4) is 0 Å². The summed E-state index contributed by atoms with van der Waals surface area (Å²) in [5, 5.41) is 23.6. The van der Waals surface area contributed by atoms with Crippen LogP contribution in [0.25, 0.3) is 0 Å². The van der Waals surface area contributed by atoms with Gasteiger partial charge in [0.25, 0.3) is 5.69 Å². The maximum absolute atomic E-state index is 11.4. The number of hydrogen-bond donors (Lipinski definition) is 1. The largest absolute Gasteiger partial charge is 0.366 e. The Bertz CT molecular complexity index is 944. The van der Waals surface area contributed by atoms with Gasteiger partial charge in [-0.2, -0.15) is 5.26 Å². The summed E-state index contributed by atoms with van der Waals surface area (Å²) in [6.07, 6.45) is 3.50. The van der Waals surface area contributed by atoms with Crippen molar-refractivity contribution in [1.82, 2.24) is 9.55 Å². The maximum Gasteiger partial charge on any atom is 0.293 e. The molecule has 0 aliphatic carbocycles. The molecule has 0 saturated heterocycles. The van der Waals surface area contributed by atoms with Crippen LogP contribution in [0, 0.1) is 21.4 Å². The van der Waals surface area contributed by atoms with Gasteiger partial charge in [0.2, 0.25) is 0 Å². The molecule has 0 bridgehead atoms. The first-order valence-corrected chi connectivity index (χ1v) is 7.57. The van der Waals surface area contributed by atoms with E-state index in [-0.39, 0.29) is 17.3 Å². The highest BCUT2D eigenvalue weighted by Crippen LogP contribution is 2.31. The number of imidazole rings is 1. The van der Waals surface area contributed by atoms with E-state index in [2.05, 4.69) is 10.3 Å². The van der Waals surface area contributed by atoms with Crippen LogP contribution in [-0.4, -0.2) is 14.5 Å². The summed E-state index contributed by atoms with van der Waals surface area (Å²) in [6, 6.07) is 15.5. The molecular formula is C18H15N5O2. The van der Waals surface area contributed by atoms with Gasteiger partial charge in [-0.1, -0.05) is 30.3 Å². The Labute approximate surface area is 144 Å². The van der Waals surface area contributed by atoms with Crippen molar-refractivity contribution in [2.45, 2.75) is 6.04 Å². The monoisotopic (exact) mass is 333 g/mol. The minimum Gasteiger partial charge on any atom is -0.366 e. The van der Waals surface area contributed by atoms with Crippen LogP contribution in [0.5, 0.6) is 0 Å². The third kappa shape index (κ3) is 3.33. The summed E-state index contributed by atoms with van der Waals surface area (Å²) >= 11 is 0. The molecular weight excluding hydrogens is 318 g/mol. The molecule has 0 aliphatic heterocycles. The summed E-state index contributed by atoms with van der Waals surface area (Å²) in [5.74, 6) is 0.727. The number of nitrogens with zero attached hydrogens (tertiary/aromatic N) is 4. The van der Waals surface area contributed by atoms with E-state index in [1.54, 1.807) is 18.3 Å². The first kappa shape index (κ1) is 16.2. The minimum atomic E-state index is -0.496. The van der Waals surface area contributed by atoms with Crippen LogP contribution in [0.4, 0.5) is 11.4 Å². The normalized spacial score (nSPS) is 11.5. The molecule has 0 spiro atoms. The number of aromatic nitrogens is 2. The Morgan fingerprint density at radius 3 is 2.64 bits per heavy atom. The standard InChI is InChI=1S/C18H15N5O2/c1-22-10-9-20-18(22)17(14-5-3-2-4-6-14)21-15-8-7-13(12-19)11-16(15)23(24)25/h2-11,17,21H,1H3. The zero-order chi connectivity index (χ0) is 17.8. The molecule has 2 aromatic carbocycles. The summed E-state index contributed by atoms with van der Waals surface area (Å²) in [4.78, 5) is 15.3. The van der Waals surface area contributed by atoms with Gasteiger partial charge in [0.05, 0.1) is 16.6 Å². The number of hydrogen-bond acceptors (Lipinski definition) is 5. The van der Waals surface area contributed by atoms with Crippen LogP contribution in [0.15, 0.2) is 60.9 Å². The summed E-state index contributed by atoms with van der Waals surface area (Å²) in [6.45, 7) is 0. The van der Waals surface area contributed by atoms with E-state index in [1.807, 2.05) is 54.2 Å². The van der Waals surface area contributed by atoms with E-state index in [0.717, 1.165) is 11.4 Å². The fourth-order valence-corrected chi connectivity index (χ4v) is 2.63. The molecule has 1 heterocycles. The molecule has 1 unspecified atom stereocenters. The van der Waals surface area contributed by atoms with Gasteiger partial charge >= 0.3 is 0 Å². The highest BCUT2D eigenvalue weighted by molar-refractivity contribution is 5.65. The van der Waals surface area contributed by atoms with E-state index < -0.39 is 4.92 Å². The van der Waals surface area contributed by atoms with Crippen LogP contribution in [0.1, 0.15) is 23.0 Å². The van der Waals surface area contributed by atoms with E-state index >= 15 is 0 Å². The molecule has 0 radical (unpaired) electrons. The molecule has 3 aromatic rings. The Balaban J connectivity index is 2.07. The topological polar surface area (TPSA) is 96.8 Å². The van der Waals surface area contributed by atoms with Gasteiger partial charge < -0.3 is 9.88 Å². The molecule has 0 fully saturated rings. The van der Waals surface area contributed by atoms with Gasteiger partial charge in [0.1, 0.15) is 17.6 Å². The van der Waals surface area contributed by atoms with E-state index in [9.17, 15) is 10.1 Å². The van der Waals surface area contributed by atoms with Crippen molar-refractivity contribution in [2.75, 3.05) is 5.32 Å². The minimum absolute atomic E-state index is 0.144. The van der Waals surface area contributed by atoms with Gasteiger partial charge in [-0.15, -0.1) is 0 Å². The highest BCUT2D eigenvalue weighted by Gasteiger charge is 2.22. The number of nitriles is 1. The van der Waals surface area contributed by atoms with Crippen LogP contribution >= 0.6 is 0 Å². The first-order valence-electron chi connectivity index (χ1n) is 7.57. The number of anilines is 1. The van der Waals surface area contributed by atoms with Gasteiger partial charge in [-0.05, 0) is 17.7 Å². The lowest BCUT2D eigenvalue weighted by atomic mass is 10.0. The van der Waals surface area contributed by atoms with Crippen molar-refractivity contribution in [3.05, 3.63) is 88.0 Å². The second-order valence-corrected chi connectivity index (χ2v) is 5.49. The molecule has 0 amide bonds. The lowest BCUT2D eigenvalue weighted by Crippen LogP contribution is -2.17. The second-order valence-electron chi connectivity index (χ2n) is 5.49. The molecule has 7 nitrogen and oxygen atoms in total. The predicted octanol–water partition coefficient (Wildman–Crippen LogP) is 3.40. The number of benzene rings is 2. The van der Waals surface area contributed by atoms with Gasteiger partial charge in [-0.3, -0.25) is 10.1 Å². The summed E-state index contributed by atoms with van der Waals surface area (Å²) in [7, 11) is 1.87. The Morgan fingerprint density at radius 2 is 2.04 bits per heavy atom. The number of aryl methyl sites for hydroxylation is 1. The summed E-state index contributed by atoms with van der Waals surface area (Å²) < 4.78 is 1.86. The molecule has 1 N–H and O–H groups in total. The Morgan fingerprint density at radius 1 is 1.28 bits per heavy atom. The molecule has 1 aromatic heterocycles. The number of nitro groups is 1. The van der Waals surface area contributed by atoms with Gasteiger partial charge in [0, 0.05) is 25.5 Å². The summed E-state index contributed by atoms with van der Waals surface area (Å²) in [5.41, 5.74) is 1.36. The average molecular weight is 333 g/mol.